The smallest absolute Gasteiger partial charge is 0.338 e. The number of esters is 1. The van der Waals surface area contributed by atoms with Crippen LogP contribution in [0.15, 0.2) is 57.7 Å². The predicted molar refractivity (Wildman–Crippen MR) is 123 cm³/mol. The molecule has 4 rings (SSSR count). The van der Waals surface area contributed by atoms with Crippen LogP contribution in [0.25, 0.3) is 11.0 Å². The van der Waals surface area contributed by atoms with Gasteiger partial charge in [-0.1, -0.05) is 25.0 Å². The van der Waals surface area contributed by atoms with Crippen molar-refractivity contribution in [3.8, 4) is 5.75 Å². The number of carbonyl (C=O) groups excluding carboxylic acids is 2. The summed E-state index contributed by atoms with van der Waals surface area (Å²) in [5.74, 6) is -0.236. The summed E-state index contributed by atoms with van der Waals surface area (Å²) in [5, 5.41) is 3.79. The Hall–Kier alpha value is -3.61. The van der Waals surface area contributed by atoms with Crippen molar-refractivity contribution in [1.29, 1.82) is 0 Å². The van der Waals surface area contributed by atoms with E-state index in [1.165, 1.54) is 6.07 Å². The summed E-state index contributed by atoms with van der Waals surface area (Å²) in [6, 6.07) is 13.8. The maximum Gasteiger partial charge on any atom is 0.338 e. The molecule has 1 aromatic heterocycles. The number of nitrogens with one attached hydrogen (secondary N) is 1. The Morgan fingerprint density at radius 3 is 2.55 bits per heavy atom. The molecule has 0 radical (unpaired) electrons. The largest absolute Gasteiger partial charge is 0.489 e. The minimum atomic E-state index is -0.849. The van der Waals surface area contributed by atoms with E-state index in [2.05, 4.69) is 5.32 Å². The lowest BCUT2D eigenvalue weighted by Crippen LogP contribution is -2.40. The molecular weight excluding hydrogens is 422 g/mol. The van der Waals surface area contributed by atoms with E-state index in [0.717, 1.165) is 42.2 Å². The molecule has 172 valence electrons. The molecule has 0 spiro atoms. The van der Waals surface area contributed by atoms with Crippen LogP contribution in [0.2, 0.25) is 0 Å². The SMILES string of the molecule is Cc1cc(=O)oc2cc(OCc3ccc(C(=O)O[C@H](C)C(=O)NC4CCCC4)cc3)ccc12. The molecule has 1 atom stereocenters. The molecule has 1 fully saturated rings. The number of fused-ring (bicyclic) bond motifs is 1. The van der Waals surface area contributed by atoms with Crippen LogP contribution >= 0.6 is 0 Å². The standard InChI is InChI=1S/C26H27NO6/c1-16-13-24(28)33-23-14-21(11-12-22(16)23)31-15-18-7-9-19(10-8-18)26(30)32-17(2)25(29)27-20-5-3-4-6-20/h7-14,17,20H,3-6,15H2,1-2H3,(H,27,29)/t17-/m1/s1. The number of hydrogen-bond acceptors (Lipinski definition) is 6. The lowest BCUT2D eigenvalue weighted by Gasteiger charge is -2.17. The first-order valence-electron chi connectivity index (χ1n) is 11.2. The molecule has 2 aromatic carbocycles. The van der Waals surface area contributed by atoms with Gasteiger partial charge in [-0.05, 0) is 62.1 Å². The highest BCUT2D eigenvalue weighted by Crippen LogP contribution is 2.23. The summed E-state index contributed by atoms with van der Waals surface area (Å²) in [5.41, 5.74) is 2.14. The number of benzene rings is 2. The molecule has 0 unspecified atom stereocenters. The quantitative estimate of drug-likeness (QED) is 0.427. The average Bonchev–Trinajstić information content (AvgIpc) is 3.30. The number of aryl methyl sites for hydroxylation is 1. The number of ether oxygens (including phenoxy) is 2. The fourth-order valence-corrected chi connectivity index (χ4v) is 3.97. The van der Waals surface area contributed by atoms with Gasteiger partial charge in [-0.15, -0.1) is 0 Å². The summed E-state index contributed by atoms with van der Waals surface area (Å²) in [6.45, 7) is 3.71. The van der Waals surface area contributed by atoms with Gasteiger partial charge in [0.1, 0.15) is 17.9 Å². The molecule has 0 saturated heterocycles. The highest BCUT2D eigenvalue weighted by Gasteiger charge is 2.23. The van der Waals surface area contributed by atoms with Crippen molar-refractivity contribution in [2.45, 2.75) is 58.3 Å². The van der Waals surface area contributed by atoms with Crippen LogP contribution in [0.1, 0.15) is 54.1 Å². The van der Waals surface area contributed by atoms with Gasteiger partial charge in [0.05, 0.1) is 5.56 Å². The Balaban J connectivity index is 1.32. The van der Waals surface area contributed by atoms with Gasteiger partial charge in [0.15, 0.2) is 6.10 Å². The maximum absolute atomic E-state index is 12.4. The zero-order valence-corrected chi connectivity index (χ0v) is 18.8. The Bertz CT molecular complexity index is 1210. The minimum Gasteiger partial charge on any atom is -0.489 e. The van der Waals surface area contributed by atoms with Gasteiger partial charge in [-0.25, -0.2) is 9.59 Å². The second-order valence-electron chi connectivity index (χ2n) is 8.43. The molecule has 1 aliphatic carbocycles. The number of amides is 1. The van der Waals surface area contributed by atoms with Gasteiger partial charge in [0.25, 0.3) is 5.91 Å². The fraction of sp³-hybridized carbons (Fsp3) is 0.346. The summed E-state index contributed by atoms with van der Waals surface area (Å²) in [7, 11) is 0. The molecule has 7 nitrogen and oxygen atoms in total. The summed E-state index contributed by atoms with van der Waals surface area (Å²) >= 11 is 0. The number of carbonyl (C=O) groups is 2. The Kier molecular flexibility index (Phi) is 6.77. The van der Waals surface area contributed by atoms with E-state index in [9.17, 15) is 14.4 Å². The van der Waals surface area contributed by atoms with Crippen LogP contribution in [0.4, 0.5) is 0 Å². The molecule has 1 aliphatic rings. The van der Waals surface area contributed by atoms with Crippen molar-refractivity contribution >= 4 is 22.8 Å². The van der Waals surface area contributed by atoms with Crippen LogP contribution < -0.4 is 15.7 Å². The minimum absolute atomic E-state index is 0.181. The molecule has 0 bridgehead atoms. The second kappa shape index (κ2) is 9.90. The van der Waals surface area contributed by atoms with Crippen molar-refractivity contribution in [3.05, 3.63) is 75.6 Å². The monoisotopic (exact) mass is 449 g/mol. The predicted octanol–water partition coefficient (Wildman–Crippen LogP) is 4.28. The van der Waals surface area contributed by atoms with E-state index in [4.69, 9.17) is 13.9 Å². The van der Waals surface area contributed by atoms with Crippen LogP contribution in [0, 0.1) is 6.92 Å². The van der Waals surface area contributed by atoms with Crippen LogP contribution in [-0.4, -0.2) is 24.0 Å². The molecule has 1 amide bonds. The first-order chi connectivity index (χ1) is 15.9. The van der Waals surface area contributed by atoms with E-state index < -0.39 is 17.7 Å². The molecule has 3 aromatic rings. The highest BCUT2D eigenvalue weighted by molar-refractivity contribution is 5.92. The van der Waals surface area contributed by atoms with Gasteiger partial charge in [-0.3, -0.25) is 4.79 Å². The summed E-state index contributed by atoms with van der Waals surface area (Å²) < 4.78 is 16.4. The van der Waals surface area contributed by atoms with Crippen LogP contribution in [-0.2, 0) is 16.1 Å². The van der Waals surface area contributed by atoms with E-state index in [-0.39, 0.29) is 18.6 Å². The maximum atomic E-state index is 12.4. The Morgan fingerprint density at radius 1 is 1.09 bits per heavy atom. The molecule has 33 heavy (non-hydrogen) atoms. The van der Waals surface area contributed by atoms with E-state index in [0.29, 0.717) is 16.9 Å². The van der Waals surface area contributed by atoms with E-state index >= 15 is 0 Å². The normalized spacial score (nSPS) is 14.7. The van der Waals surface area contributed by atoms with Gasteiger partial charge < -0.3 is 19.2 Å². The lowest BCUT2D eigenvalue weighted by atomic mass is 10.1. The van der Waals surface area contributed by atoms with Gasteiger partial charge in [-0.2, -0.15) is 0 Å². The molecule has 1 saturated carbocycles. The lowest BCUT2D eigenvalue weighted by molar-refractivity contribution is -0.129. The van der Waals surface area contributed by atoms with Crippen molar-refractivity contribution < 1.29 is 23.5 Å². The molecule has 0 aliphatic heterocycles. The van der Waals surface area contributed by atoms with Gasteiger partial charge >= 0.3 is 11.6 Å². The first kappa shape index (κ1) is 22.6. The Labute approximate surface area is 191 Å². The number of hydrogen-bond donors (Lipinski definition) is 1. The molecule has 1 heterocycles. The summed E-state index contributed by atoms with van der Waals surface area (Å²) in [6.07, 6.45) is 3.34. The Morgan fingerprint density at radius 2 is 1.82 bits per heavy atom. The molecule has 7 heteroatoms. The third-order valence-electron chi connectivity index (χ3n) is 5.87. The molecular formula is C26H27NO6. The highest BCUT2D eigenvalue weighted by atomic mass is 16.5. The zero-order valence-electron chi connectivity index (χ0n) is 18.8. The third-order valence-corrected chi connectivity index (χ3v) is 5.87. The van der Waals surface area contributed by atoms with Crippen molar-refractivity contribution in [3.63, 3.8) is 0 Å². The van der Waals surface area contributed by atoms with Gasteiger partial charge in [0, 0.05) is 23.6 Å². The first-order valence-corrected chi connectivity index (χ1v) is 11.2. The van der Waals surface area contributed by atoms with Crippen molar-refractivity contribution in [2.75, 3.05) is 0 Å². The summed E-state index contributed by atoms with van der Waals surface area (Å²) in [4.78, 5) is 36.2. The van der Waals surface area contributed by atoms with Crippen molar-refractivity contribution in [2.24, 2.45) is 0 Å². The van der Waals surface area contributed by atoms with Gasteiger partial charge in [0.2, 0.25) is 0 Å². The van der Waals surface area contributed by atoms with Crippen LogP contribution in [0.5, 0.6) is 5.75 Å². The van der Waals surface area contributed by atoms with E-state index in [1.807, 2.05) is 19.1 Å². The number of rotatable bonds is 7. The second-order valence-corrected chi connectivity index (χ2v) is 8.43. The third kappa shape index (κ3) is 5.61. The van der Waals surface area contributed by atoms with E-state index in [1.54, 1.807) is 37.3 Å². The van der Waals surface area contributed by atoms with Crippen LogP contribution in [0.3, 0.4) is 0 Å². The average molecular weight is 450 g/mol. The fourth-order valence-electron chi connectivity index (χ4n) is 3.97. The zero-order chi connectivity index (χ0) is 23.4. The molecule has 1 N–H and O–H groups in total. The topological polar surface area (TPSA) is 94.8 Å². The van der Waals surface area contributed by atoms with Crippen molar-refractivity contribution in [1.82, 2.24) is 5.32 Å².